The number of aromatic nitrogens is 2. The molecule has 0 fully saturated rings. The number of aliphatic hydroxyl groups is 1. The summed E-state index contributed by atoms with van der Waals surface area (Å²) in [5, 5.41) is 10.0. The van der Waals surface area contributed by atoms with Crippen molar-refractivity contribution in [2.24, 2.45) is 0 Å². The van der Waals surface area contributed by atoms with Crippen LogP contribution in [0.15, 0.2) is 54.9 Å². The Labute approximate surface area is 110 Å². The Kier molecular flexibility index (Phi) is 3.08. The SMILES string of the molecule is OCc1ccc(Oc2ccc3cccnc3c2)nc1. The van der Waals surface area contributed by atoms with Gasteiger partial charge in [-0.3, -0.25) is 4.98 Å². The van der Waals surface area contributed by atoms with E-state index in [4.69, 9.17) is 9.84 Å². The zero-order valence-corrected chi connectivity index (χ0v) is 10.2. The zero-order chi connectivity index (χ0) is 13.1. The lowest BCUT2D eigenvalue weighted by atomic mass is 10.2. The Balaban J connectivity index is 1.87. The van der Waals surface area contributed by atoms with Crippen LogP contribution in [0.3, 0.4) is 0 Å². The molecule has 0 aliphatic heterocycles. The molecule has 0 amide bonds. The highest BCUT2D eigenvalue weighted by Gasteiger charge is 2.01. The monoisotopic (exact) mass is 252 g/mol. The van der Waals surface area contributed by atoms with Crippen LogP contribution in [-0.2, 0) is 6.61 Å². The van der Waals surface area contributed by atoms with E-state index in [1.54, 1.807) is 24.5 Å². The standard InChI is InChI=1S/C15H12N2O2/c18-10-11-3-6-15(17-9-11)19-13-5-4-12-2-1-7-16-14(12)8-13/h1-9,18H,10H2. The van der Waals surface area contributed by atoms with Crippen LogP contribution in [0.1, 0.15) is 5.56 Å². The molecule has 0 saturated carbocycles. The molecule has 0 aliphatic carbocycles. The highest BCUT2D eigenvalue weighted by molar-refractivity contribution is 5.79. The third kappa shape index (κ3) is 2.53. The Bertz CT molecular complexity index is 696. The normalized spacial score (nSPS) is 10.6. The first-order valence-corrected chi connectivity index (χ1v) is 5.93. The van der Waals surface area contributed by atoms with E-state index in [1.165, 1.54) is 0 Å². The highest BCUT2D eigenvalue weighted by atomic mass is 16.5. The molecule has 1 aromatic carbocycles. The van der Waals surface area contributed by atoms with Gasteiger partial charge in [0.15, 0.2) is 0 Å². The number of nitrogens with zero attached hydrogens (tertiary/aromatic N) is 2. The molecule has 0 saturated heterocycles. The van der Waals surface area contributed by atoms with Gasteiger partial charge in [0, 0.05) is 29.9 Å². The molecular weight excluding hydrogens is 240 g/mol. The molecule has 94 valence electrons. The maximum Gasteiger partial charge on any atom is 0.219 e. The second-order valence-corrected chi connectivity index (χ2v) is 4.12. The van der Waals surface area contributed by atoms with Crippen LogP contribution in [0.5, 0.6) is 11.6 Å². The number of pyridine rings is 2. The maximum absolute atomic E-state index is 8.95. The van der Waals surface area contributed by atoms with E-state index >= 15 is 0 Å². The summed E-state index contributed by atoms with van der Waals surface area (Å²) < 4.78 is 5.65. The smallest absolute Gasteiger partial charge is 0.219 e. The lowest BCUT2D eigenvalue weighted by Crippen LogP contribution is -1.90. The van der Waals surface area contributed by atoms with Crippen LogP contribution < -0.4 is 4.74 Å². The molecule has 1 N–H and O–H groups in total. The fourth-order valence-corrected chi connectivity index (χ4v) is 1.80. The van der Waals surface area contributed by atoms with E-state index in [2.05, 4.69) is 9.97 Å². The van der Waals surface area contributed by atoms with E-state index in [-0.39, 0.29) is 6.61 Å². The van der Waals surface area contributed by atoms with Crippen LogP contribution >= 0.6 is 0 Å². The summed E-state index contributed by atoms with van der Waals surface area (Å²) in [7, 11) is 0. The fourth-order valence-electron chi connectivity index (χ4n) is 1.80. The molecule has 0 radical (unpaired) electrons. The Morgan fingerprint density at radius 3 is 2.79 bits per heavy atom. The zero-order valence-electron chi connectivity index (χ0n) is 10.2. The van der Waals surface area contributed by atoms with Crippen LogP contribution in [-0.4, -0.2) is 15.1 Å². The number of rotatable bonds is 3. The summed E-state index contributed by atoms with van der Waals surface area (Å²) in [5.41, 5.74) is 1.64. The van der Waals surface area contributed by atoms with Crippen molar-refractivity contribution in [3.05, 3.63) is 60.4 Å². The minimum atomic E-state index is -0.0207. The van der Waals surface area contributed by atoms with E-state index < -0.39 is 0 Å². The summed E-state index contributed by atoms with van der Waals surface area (Å²) in [6.45, 7) is -0.0207. The minimum Gasteiger partial charge on any atom is -0.439 e. The van der Waals surface area contributed by atoms with Gasteiger partial charge < -0.3 is 9.84 Å². The van der Waals surface area contributed by atoms with Gasteiger partial charge in [-0.15, -0.1) is 0 Å². The van der Waals surface area contributed by atoms with Gasteiger partial charge in [0.1, 0.15) is 5.75 Å². The van der Waals surface area contributed by atoms with Crippen molar-refractivity contribution < 1.29 is 9.84 Å². The largest absolute Gasteiger partial charge is 0.439 e. The molecule has 2 aromatic heterocycles. The lowest BCUT2D eigenvalue weighted by molar-refractivity contribution is 0.281. The molecule has 3 rings (SSSR count). The van der Waals surface area contributed by atoms with Crippen molar-refractivity contribution >= 4 is 10.9 Å². The van der Waals surface area contributed by atoms with Crippen molar-refractivity contribution in [3.63, 3.8) is 0 Å². The minimum absolute atomic E-state index is 0.0207. The Morgan fingerprint density at radius 1 is 1.05 bits per heavy atom. The molecule has 0 atom stereocenters. The summed E-state index contributed by atoms with van der Waals surface area (Å²) in [4.78, 5) is 8.40. The summed E-state index contributed by atoms with van der Waals surface area (Å²) in [6.07, 6.45) is 3.34. The topological polar surface area (TPSA) is 55.2 Å². The third-order valence-corrected chi connectivity index (χ3v) is 2.78. The average Bonchev–Trinajstić information content (AvgIpc) is 2.48. The molecule has 4 nitrogen and oxygen atoms in total. The van der Waals surface area contributed by atoms with Gasteiger partial charge in [0.2, 0.25) is 5.88 Å². The number of aliphatic hydroxyl groups excluding tert-OH is 1. The third-order valence-electron chi connectivity index (χ3n) is 2.78. The number of hydrogen-bond donors (Lipinski definition) is 1. The summed E-state index contributed by atoms with van der Waals surface area (Å²) in [5.74, 6) is 1.18. The van der Waals surface area contributed by atoms with E-state index in [0.29, 0.717) is 11.6 Å². The van der Waals surface area contributed by atoms with E-state index in [9.17, 15) is 0 Å². The first kappa shape index (κ1) is 11.6. The van der Waals surface area contributed by atoms with Gasteiger partial charge in [-0.2, -0.15) is 0 Å². The van der Waals surface area contributed by atoms with Crippen LogP contribution in [0.4, 0.5) is 0 Å². The molecule has 0 unspecified atom stereocenters. The Hall–Kier alpha value is -2.46. The van der Waals surface area contributed by atoms with Crippen molar-refractivity contribution in [1.82, 2.24) is 9.97 Å². The molecule has 0 aliphatic rings. The second-order valence-electron chi connectivity index (χ2n) is 4.12. The van der Waals surface area contributed by atoms with E-state index in [0.717, 1.165) is 16.5 Å². The lowest BCUT2D eigenvalue weighted by Gasteiger charge is -2.06. The van der Waals surface area contributed by atoms with Gasteiger partial charge in [-0.1, -0.05) is 6.07 Å². The van der Waals surface area contributed by atoms with Crippen LogP contribution in [0, 0.1) is 0 Å². The van der Waals surface area contributed by atoms with Crippen molar-refractivity contribution in [2.75, 3.05) is 0 Å². The second kappa shape index (κ2) is 5.04. The fraction of sp³-hybridized carbons (Fsp3) is 0.0667. The predicted octanol–water partition coefficient (Wildman–Crippen LogP) is 2.91. The van der Waals surface area contributed by atoms with Gasteiger partial charge >= 0.3 is 0 Å². The highest BCUT2D eigenvalue weighted by Crippen LogP contribution is 2.23. The van der Waals surface area contributed by atoms with E-state index in [1.807, 2.05) is 30.3 Å². The van der Waals surface area contributed by atoms with Crippen LogP contribution in [0.25, 0.3) is 10.9 Å². The van der Waals surface area contributed by atoms with Gasteiger partial charge in [0.05, 0.1) is 12.1 Å². The molecule has 3 aromatic rings. The quantitative estimate of drug-likeness (QED) is 0.778. The number of ether oxygens (including phenoxy) is 1. The first-order valence-electron chi connectivity index (χ1n) is 5.93. The van der Waals surface area contributed by atoms with Crippen molar-refractivity contribution in [1.29, 1.82) is 0 Å². The molecular formula is C15H12N2O2. The van der Waals surface area contributed by atoms with Gasteiger partial charge in [0.25, 0.3) is 0 Å². The Morgan fingerprint density at radius 2 is 2.00 bits per heavy atom. The first-order chi connectivity index (χ1) is 9.35. The van der Waals surface area contributed by atoms with Gasteiger partial charge in [-0.05, 0) is 29.8 Å². The van der Waals surface area contributed by atoms with Crippen molar-refractivity contribution in [2.45, 2.75) is 6.61 Å². The molecule has 4 heteroatoms. The molecule has 19 heavy (non-hydrogen) atoms. The summed E-state index contributed by atoms with van der Waals surface area (Å²) >= 11 is 0. The number of fused-ring (bicyclic) bond motifs is 1. The maximum atomic E-state index is 8.95. The number of hydrogen-bond acceptors (Lipinski definition) is 4. The molecule has 0 bridgehead atoms. The van der Waals surface area contributed by atoms with Crippen molar-refractivity contribution in [3.8, 4) is 11.6 Å². The van der Waals surface area contributed by atoms with Gasteiger partial charge in [-0.25, -0.2) is 4.98 Å². The number of benzene rings is 1. The summed E-state index contributed by atoms with van der Waals surface area (Å²) in [6, 6.07) is 13.1. The average molecular weight is 252 g/mol. The van der Waals surface area contributed by atoms with Crippen LogP contribution in [0.2, 0.25) is 0 Å². The molecule has 2 heterocycles. The predicted molar refractivity (Wildman–Crippen MR) is 72.0 cm³/mol. The molecule has 0 spiro atoms.